The van der Waals surface area contributed by atoms with Crippen molar-refractivity contribution in [3.63, 3.8) is 0 Å². The Bertz CT molecular complexity index is 878. The number of benzene rings is 2. The van der Waals surface area contributed by atoms with Gasteiger partial charge in [-0.1, -0.05) is 55.7 Å². The van der Waals surface area contributed by atoms with Gasteiger partial charge in [0, 0.05) is 26.3 Å². The van der Waals surface area contributed by atoms with Crippen molar-refractivity contribution in [2.75, 3.05) is 11.9 Å². The SMILES string of the molecule is N/C(=C\C=C(/N)Nc1cccc(C(=O)NCC2CCCCC2)c1)c1ccccc1.[HH].[HH]. The van der Waals surface area contributed by atoms with E-state index in [1.165, 1.54) is 32.1 Å². The van der Waals surface area contributed by atoms with E-state index in [-0.39, 0.29) is 8.76 Å². The van der Waals surface area contributed by atoms with Crippen LogP contribution in [-0.4, -0.2) is 12.5 Å². The topological polar surface area (TPSA) is 93.2 Å². The third kappa shape index (κ3) is 6.42. The summed E-state index contributed by atoms with van der Waals surface area (Å²) in [5, 5.41) is 6.18. The molecule has 2 aromatic carbocycles. The summed E-state index contributed by atoms with van der Waals surface area (Å²) >= 11 is 0. The zero-order valence-corrected chi connectivity index (χ0v) is 16.7. The molecule has 1 aliphatic rings. The van der Waals surface area contributed by atoms with Crippen molar-refractivity contribution in [1.29, 1.82) is 0 Å². The molecular weight excluding hydrogens is 360 g/mol. The van der Waals surface area contributed by atoms with Crippen LogP contribution < -0.4 is 22.1 Å². The number of rotatable bonds is 7. The molecule has 1 saturated carbocycles. The highest BCUT2D eigenvalue weighted by Gasteiger charge is 2.15. The van der Waals surface area contributed by atoms with Crippen LogP contribution >= 0.6 is 0 Å². The summed E-state index contributed by atoms with van der Waals surface area (Å²) in [7, 11) is 0. The number of carbonyl (C=O) groups is 1. The van der Waals surface area contributed by atoms with E-state index < -0.39 is 0 Å². The normalized spacial score (nSPS) is 15.7. The van der Waals surface area contributed by atoms with Gasteiger partial charge in [-0.05, 0) is 54.7 Å². The number of amides is 1. The van der Waals surface area contributed by atoms with Crippen LogP contribution in [0.15, 0.2) is 72.6 Å². The van der Waals surface area contributed by atoms with Crippen molar-refractivity contribution in [2.24, 2.45) is 17.4 Å². The van der Waals surface area contributed by atoms with E-state index in [0.717, 1.165) is 17.8 Å². The van der Waals surface area contributed by atoms with Crippen LogP contribution in [0.3, 0.4) is 0 Å². The summed E-state index contributed by atoms with van der Waals surface area (Å²) in [6, 6.07) is 17.1. The van der Waals surface area contributed by atoms with Gasteiger partial charge in [0.15, 0.2) is 0 Å². The zero-order valence-electron chi connectivity index (χ0n) is 16.7. The summed E-state index contributed by atoms with van der Waals surface area (Å²) in [4.78, 5) is 12.5. The zero-order chi connectivity index (χ0) is 20.5. The van der Waals surface area contributed by atoms with E-state index in [0.29, 0.717) is 23.0 Å². The summed E-state index contributed by atoms with van der Waals surface area (Å²) in [6.45, 7) is 0.752. The molecule has 0 aliphatic heterocycles. The molecule has 5 nitrogen and oxygen atoms in total. The fourth-order valence-corrected chi connectivity index (χ4v) is 3.58. The van der Waals surface area contributed by atoms with Crippen LogP contribution in [0.2, 0.25) is 0 Å². The number of nitrogens with one attached hydrogen (secondary N) is 2. The van der Waals surface area contributed by atoms with Gasteiger partial charge in [-0.25, -0.2) is 0 Å². The Morgan fingerprint density at radius 1 is 0.966 bits per heavy atom. The summed E-state index contributed by atoms with van der Waals surface area (Å²) < 4.78 is 0. The standard InChI is InChI=1S/C24H30N4O.2H2/c25-22(19-10-5-2-6-11-19)14-15-23(26)28-21-13-7-12-20(16-21)24(29)27-17-18-8-3-1-4-9-18;;/h2,5-7,10-16,18,28H,1,3-4,8-9,17,25-26H2,(H,27,29);2*1H/b22-14-,23-15+;;. The highest BCUT2D eigenvalue weighted by molar-refractivity contribution is 5.95. The molecule has 0 heterocycles. The first kappa shape index (κ1) is 20.5. The predicted molar refractivity (Wildman–Crippen MR) is 124 cm³/mol. The fourth-order valence-electron chi connectivity index (χ4n) is 3.58. The van der Waals surface area contributed by atoms with E-state index in [1.54, 1.807) is 18.2 Å². The Labute approximate surface area is 175 Å². The van der Waals surface area contributed by atoms with Crippen molar-refractivity contribution in [3.05, 3.63) is 83.7 Å². The summed E-state index contributed by atoms with van der Waals surface area (Å²) in [5.74, 6) is 1.01. The number of nitrogens with two attached hydrogens (primary N) is 2. The second-order valence-electron chi connectivity index (χ2n) is 7.53. The van der Waals surface area contributed by atoms with E-state index in [9.17, 15) is 4.79 Å². The molecule has 1 aliphatic carbocycles. The van der Waals surface area contributed by atoms with Crippen molar-refractivity contribution in [2.45, 2.75) is 32.1 Å². The van der Waals surface area contributed by atoms with E-state index in [4.69, 9.17) is 11.5 Å². The van der Waals surface area contributed by atoms with Crippen LogP contribution in [0.5, 0.6) is 0 Å². The van der Waals surface area contributed by atoms with Gasteiger partial charge in [0.1, 0.15) is 5.82 Å². The van der Waals surface area contributed by atoms with Crippen LogP contribution in [-0.2, 0) is 0 Å². The monoisotopic (exact) mass is 394 g/mol. The average molecular weight is 395 g/mol. The second kappa shape index (κ2) is 10.4. The Morgan fingerprint density at radius 3 is 2.45 bits per heavy atom. The molecule has 156 valence electrons. The van der Waals surface area contributed by atoms with Crippen LogP contribution in [0.25, 0.3) is 5.70 Å². The molecular formula is C24H34N4O. The molecule has 0 saturated heterocycles. The number of allylic oxidation sites excluding steroid dienone is 2. The summed E-state index contributed by atoms with van der Waals surface area (Å²) in [5.41, 5.74) is 15.1. The van der Waals surface area contributed by atoms with Crippen LogP contribution in [0.1, 0.15) is 50.9 Å². The van der Waals surface area contributed by atoms with Gasteiger partial charge in [-0.2, -0.15) is 0 Å². The van der Waals surface area contributed by atoms with Gasteiger partial charge in [-0.15, -0.1) is 0 Å². The number of hydrogen-bond acceptors (Lipinski definition) is 4. The minimum absolute atomic E-state index is 0. The van der Waals surface area contributed by atoms with Crippen molar-refractivity contribution in [3.8, 4) is 0 Å². The van der Waals surface area contributed by atoms with Crippen molar-refractivity contribution >= 4 is 17.3 Å². The van der Waals surface area contributed by atoms with E-state index in [1.807, 2.05) is 48.5 Å². The number of carbonyl (C=O) groups excluding carboxylic acids is 1. The Kier molecular flexibility index (Phi) is 7.34. The smallest absolute Gasteiger partial charge is 0.251 e. The average Bonchev–Trinajstić information content (AvgIpc) is 2.77. The maximum absolute atomic E-state index is 12.5. The first-order valence-electron chi connectivity index (χ1n) is 10.3. The molecule has 5 heteroatoms. The molecule has 3 rings (SSSR count). The van der Waals surface area contributed by atoms with Gasteiger partial charge in [0.2, 0.25) is 0 Å². The second-order valence-corrected chi connectivity index (χ2v) is 7.53. The number of hydrogen-bond donors (Lipinski definition) is 4. The minimum atomic E-state index is -0.0463. The molecule has 29 heavy (non-hydrogen) atoms. The molecule has 2 aromatic rings. The first-order chi connectivity index (χ1) is 14.1. The summed E-state index contributed by atoms with van der Waals surface area (Å²) in [6.07, 6.45) is 9.77. The Balaban J connectivity index is 0.00000240. The fraction of sp³-hybridized carbons (Fsp3) is 0.292. The molecule has 1 amide bonds. The van der Waals surface area contributed by atoms with E-state index >= 15 is 0 Å². The van der Waals surface area contributed by atoms with Gasteiger partial charge in [0.05, 0.1) is 0 Å². The molecule has 0 atom stereocenters. The Morgan fingerprint density at radius 2 is 1.69 bits per heavy atom. The quantitative estimate of drug-likeness (QED) is 0.512. The van der Waals surface area contributed by atoms with Crippen LogP contribution in [0.4, 0.5) is 5.69 Å². The Hall–Kier alpha value is -3.21. The molecule has 0 unspecified atom stereocenters. The van der Waals surface area contributed by atoms with Gasteiger partial charge in [0.25, 0.3) is 5.91 Å². The van der Waals surface area contributed by atoms with E-state index in [2.05, 4.69) is 10.6 Å². The highest BCUT2D eigenvalue weighted by Crippen LogP contribution is 2.23. The maximum Gasteiger partial charge on any atom is 0.251 e. The molecule has 0 aromatic heterocycles. The lowest BCUT2D eigenvalue weighted by Crippen LogP contribution is -2.30. The van der Waals surface area contributed by atoms with Gasteiger partial charge in [-0.3, -0.25) is 4.79 Å². The van der Waals surface area contributed by atoms with Crippen molar-refractivity contribution < 1.29 is 7.65 Å². The lowest BCUT2D eigenvalue weighted by molar-refractivity contribution is 0.0943. The maximum atomic E-state index is 12.5. The number of anilines is 1. The van der Waals surface area contributed by atoms with Gasteiger partial charge >= 0.3 is 0 Å². The highest BCUT2D eigenvalue weighted by atomic mass is 16.1. The van der Waals surface area contributed by atoms with Crippen molar-refractivity contribution in [1.82, 2.24) is 5.32 Å². The third-order valence-corrected chi connectivity index (χ3v) is 5.24. The lowest BCUT2D eigenvalue weighted by atomic mass is 9.89. The lowest BCUT2D eigenvalue weighted by Gasteiger charge is -2.21. The molecule has 6 N–H and O–H groups in total. The minimum Gasteiger partial charge on any atom is -0.398 e. The molecule has 0 radical (unpaired) electrons. The van der Waals surface area contributed by atoms with Crippen LogP contribution in [0, 0.1) is 5.92 Å². The van der Waals surface area contributed by atoms with Gasteiger partial charge < -0.3 is 22.1 Å². The first-order valence-corrected chi connectivity index (χ1v) is 10.3. The molecule has 0 bridgehead atoms. The third-order valence-electron chi connectivity index (χ3n) is 5.24. The molecule has 0 spiro atoms. The predicted octanol–water partition coefficient (Wildman–Crippen LogP) is 4.70. The molecule has 1 fully saturated rings. The largest absolute Gasteiger partial charge is 0.398 e.